The molecule has 0 saturated carbocycles. The zero-order chi connectivity index (χ0) is 13.4. The summed E-state index contributed by atoms with van der Waals surface area (Å²) in [4.78, 5) is 22.7. The molecule has 0 heterocycles. The first-order valence-corrected chi connectivity index (χ1v) is 6.19. The van der Waals surface area contributed by atoms with Crippen LogP contribution in [0.25, 0.3) is 0 Å². The Morgan fingerprint density at radius 2 is 1.94 bits per heavy atom. The monoisotopic (exact) mass is 249 g/mol. The summed E-state index contributed by atoms with van der Waals surface area (Å²) in [6, 6.07) is 8.51. The molecule has 1 aromatic rings. The van der Waals surface area contributed by atoms with Gasteiger partial charge in [-0.25, -0.2) is 4.79 Å². The fraction of sp³-hybridized carbons (Fsp3) is 0.429. The van der Waals surface area contributed by atoms with Crippen molar-refractivity contribution >= 4 is 11.9 Å². The van der Waals surface area contributed by atoms with E-state index in [2.05, 4.69) is 5.32 Å². The Balaban J connectivity index is 2.48. The Labute approximate surface area is 107 Å². The van der Waals surface area contributed by atoms with Crippen LogP contribution < -0.4 is 5.32 Å². The van der Waals surface area contributed by atoms with Crippen LogP contribution in [0, 0.1) is 0 Å². The van der Waals surface area contributed by atoms with Crippen molar-refractivity contribution in [1.82, 2.24) is 5.32 Å². The van der Waals surface area contributed by atoms with Gasteiger partial charge in [0.2, 0.25) is 5.91 Å². The number of nitrogens with one attached hydrogen (secondary N) is 1. The lowest BCUT2D eigenvalue weighted by Gasteiger charge is -2.14. The molecule has 1 aromatic carbocycles. The first kappa shape index (κ1) is 14.2. The van der Waals surface area contributed by atoms with E-state index >= 15 is 0 Å². The molecule has 0 aromatic heterocycles. The molecular formula is C14H19NO3. The van der Waals surface area contributed by atoms with Gasteiger partial charge in [0.25, 0.3) is 0 Å². The number of carboxylic acid groups (broad SMARTS) is 1. The van der Waals surface area contributed by atoms with Crippen molar-refractivity contribution in [2.75, 3.05) is 0 Å². The molecule has 0 radical (unpaired) electrons. The lowest BCUT2D eigenvalue weighted by Crippen LogP contribution is -2.41. The molecule has 1 rings (SSSR count). The molecule has 0 bridgehead atoms. The minimum absolute atomic E-state index is 0.219. The van der Waals surface area contributed by atoms with Gasteiger partial charge in [0.15, 0.2) is 0 Å². The van der Waals surface area contributed by atoms with Crippen LogP contribution in [-0.4, -0.2) is 23.0 Å². The summed E-state index contributed by atoms with van der Waals surface area (Å²) in [6.45, 7) is 1.99. The summed E-state index contributed by atoms with van der Waals surface area (Å²) in [5, 5.41) is 11.6. The predicted octanol–water partition coefficient (Wildman–Crippen LogP) is 1.99. The Hall–Kier alpha value is -1.84. The van der Waals surface area contributed by atoms with E-state index in [-0.39, 0.29) is 12.3 Å². The largest absolute Gasteiger partial charge is 0.480 e. The molecular weight excluding hydrogens is 230 g/mol. The van der Waals surface area contributed by atoms with E-state index in [1.54, 1.807) is 0 Å². The second-order valence-electron chi connectivity index (χ2n) is 4.26. The number of carboxylic acids is 1. The summed E-state index contributed by atoms with van der Waals surface area (Å²) in [6.07, 6.45) is 2.41. The average Bonchev–Trinajstić information content (AvgIpc) is 2.35. The number of hydrogen-bond acceptors (Lipinski definition) is 2. The van der Waals surface area contributed by atoms with Crippen molar-refractivity contribution in [3.05, 3.63) is 35.9 Å². The van der Waals surface area contributed by atoms with Gasteiger partial charge in [-0.05, 0) is 12.0 Å². The predicted molar refractivity (Wildman–Crippen MR) is 69.2 cm³/mol. The lowest BCUT2D eigenvalue weighted by molar-refractivity contribution is -0.142. The number of aliphatic carboxylic acids is 1. The lowest BCUT2D eigenvalue weighted by atomic mass is 10.1. The highest BCUT2D eigenvalue weighted by atomic mass is 16.4. The highest BCUT2D eigenvalue weighted by Crippen LogP contribution is 2.03. The van der Waals surface area contributed by atoms with Gasteiger partial charge in [0, 0.05) is 0 Å². The van der Waals surface area contributed by atoms with Crippen molar-refractivity contribution in [1.29, 1.82) is 0 Å². The number of unbranched alkanes of at least 4 members (excludes halogenated alkanes) is 1. The van der Waals surface area contributed by atoms with E-state index in [4.69, 9.17) is 5.11 Å². The van der Waals surface area contributed by atoms with E-state index < -0.39 is 12.0 Å². The molecule has 18 heavy (non-hydrogen) atoms. The third-order valence-corrected chi connectivity index (χ3v) is 2.69. The van der Waals surface area contributed by atoms with E-state index in [1.807, 2.05) is 37.3 Å². The summed E-state index contributed by atoms with van der Waals surface area (Å²) in [7, 11) is 0. The molecule has 0 aliphatic heterocycles. The standard InChI is InChI=1S/C14H19NO3/c1-2-3-9-12(14(17)18)15-13(16)10-11-7-5-4-6-8-11/h4-8,12H,2-3,9-10H2,1H3,(H,15,16)(H,17,18)/t12-/m1/s1. The van der Waals surface area contributed by atoms with Crippen LogP contribution in [0.2, 0.25) is 0 Å². The minimum Gasteiger partial charge on any atom is -0.480 e. The topological polar surface area (TPSA) is 66.4 Å². The molecule has 4 heteroatoms. The quantitative estimate of drug-likeness (QED) is 0.776. The second-order valence-corrected chi connectivity index (χ2v) is 4.26. The zero-order valence-corrected chi connectivity index (χ0v) is 10.6. The summed E-state index contributed by atoms with van der Waals surface area (Å²) >= 11 is 0. The van der Waals surface area contributed by atoms with Gasteiger partial charge in [0.1, 0.15) is 6.04 Å². The Kier molecular flexibility index (Phi) is 5.91. The molecule has 1 amide bonds. The van der Waals surface area contributed by atoms with Crippen LogP contribution in [-0.2, 0) is 16.0 Å². The van der Waals surface area contributed by atoms with E-state index in [0.29, 0.717) is 6.42 Å². The molecule has 0 spiro atoms. The van der Waals surface area contributed by atoms with Gasteiger partial charge in [-0.3, -0.25) is 4.79 Å². The highest BCUT2D eigenvalue weighted by Gasteiger charge is 2.18. The highest BCUT2D eigenvalue weighted by molar-refractivity contribution is 5.84. The zero-order valence-electron chi connectivity index (χ0n) is 10.6. The van der Waals surface area contributed by atoms with Crippen LogP contribution in [0.1, 0.15) is 31.7 Å². The Bertz CT molecular complexity index is 389. The fourth-order valence-corrected chi connectivity index (χ4v) is 1.69. The van der Waals surface area contributed by atoms with E-state index in [0.717, 1.165) is 18.4 Å². The number of benzene rings is 1. The normalized spacial score (nSPS) is 11.8. The maximum absolute atomic E-state index is 11.7. The molecule has 4 nitrogen and oxygen atoms in total. The van der Waals surface area contributed by atoms with Gasteiger partial charge in [-0.2, -0.15) is 0 Å². The molecule has 0 saturated heterocycles. The fourth-order valence-electron chi connectivity index (χ4n) is 1.69. The van der Waals surface area contributed by atoms with Crippen molar-refractivity contribution < 1.29 is 14.7 Å². The number of carbonyl (C=O) groups excluding carboxylic acids is 1. The Morgan fingerprint density at radius 3 is 2.50 bits per heavy atom. The summed E-state index contributed by atoms with van der Waals surface area (Å²) in [5.74, 6) is -1.21. The number of amides is 1. The molecule has 0 fully saturated rings. The van der Waals surface area contributed by atoms with Crippen molar-refractivity contribution in [3.63, 3.8) is 0 Å². The SMILES string of the molecule is CCCC[C@@H](NC(=O)Cc1ccccc1)C(=O)O. The van der Waals surface area contributed by atoms with Crippen LogP contribution in [0.5, 0.6) is 0 Å². The minimum atomic E-state index is -0.968. The van der Waals surface area contributed by atoms with E-state index in [9.17, 15) is 9.59 Å². The smallest absolute Gasteiger partial charge is 0.326 e. The Morgan fingerprint density at radius 1 is 1.28 bits per heavy atom. The van der Waals surface area contributed by atoms with Crippen molar-refractivity contribution in [2.45, 2.75) is 38.6 Å². The summed E-state index contributed by atoms with van der Waals surface area (Å²) < 4.78 is 0. The third-order valence-electron chi connectivity index (χ3n) is 2.69. The molecule has 0 aliphatic rings. The first-order chi connectivity index (χ1) is 8.63. The van der Waals surface area contributed by atoms with Crippen molar-refractivity contribution in [3.8, 4) is 0 Å². The molecule has 1 atom stereocenters. The second kappa shape index (κ2) is 7.48. The molecule has 2 N–H and O–H groups in total. The molecule has 0 aliphatic carbocycles. The van der Waals surface area contributed by atoms with Gasteiger partial charge < -0.3 is 10.4 Å². The maximum atomic E-state index is 11.7. The molecule has 98 valence electrons. The van der Waals surface area contributed by atoms with Gasteiger partial charge in [0.05, 0.1) is 6.42 Å². The van der Waals surface area contributed by atoms with Crippen LogP contribution >= 0.6 is 0 Å². The van der Waals surface area contributed by atoms with E-state index in [1.165, 1.54) is 0 Å². The van der Waals surface area contributed by atoms with Crippen molar-refractivity contribution in [2.24, 2.45) is 0 Å². The number of carbonyl (C=O) groups is 2. The maximum Gasteiger partial charge on any atom is 0.326 e. The first-order valence-electron chi connectivity index (χ1n) is 6.19. The summed E-state index contributed by atoms with van der Waals surface area (Å²) in [5.41, 5.74) is 0.884. The van der Waals surface area contributed by atoms with Crippen LogP contribution in [0.15, 0.2) is 30.3 Å². The van der Waals surface area contributed by atoms with Crippen LogP contribution in [0.4, 0.5) is 0 Å². The molecule has 0 unspecified atom stereocenters. The van der Waals surface area contributed by atoms with Gasteiger partial charge >= 0.3 is 5.97 Å². The average molecular weight is 249 g/mol. The number of rotatable bonds is 7. The number of hydrogen-bond donors (Lipinski definition) is 2. The van der Waals surface area contributed by atoms with Gasteiger partial charge in [-0.1, -0.05) is 50.1 Å². The van der Waals surface area contributed by atoms with Gasteiger partial charge in [-0.15, -0.1) is 0 Å². The third kappa shape index (κ3) is 4.99. The van der Waals surface area contributed by atoms with Crippen LogP contribution in [0.3, 0.4) is 0 Å².